The molecule has 0 spiro atoms. The van der Waals surface area contributed by atoms with Gasteiger partial charge >= 0.3 is 0 Å². The summed E-state index contributed by atoms with van der Waals surface area (Å²) in [5.74, 6) is 0. The predicted molar refractivity (Wildman–Crippen MR) is 56.6 cm³/mol. The van der Waals surface area contributed by atoms with Crippen molar-refractivity contribution in [3.05, 3.63) is 0 Å². The SMILES string of the molecule is CCCCN1N=CN(CCC)C1C. The fraction of sp³-hybridized carbons (Fsp3) is 0.900. The van der Waals surface area contributed by atoms with Crippen molar-refractivity contribution in [1.29, 1.82) is 0 Å². The summed E-state index contributed by atoms with van der Waals surface area (Å²) in [6.07, 6.45) is 6.11. The summed E-state index contributed by atoms with van der Waals surface area (Å²) in [5.41, 5.74) is 0. The minimum atomic E-state index is 0.464. The van der Waals surface area contributed by atoms with E-state index in [0.717, 1.165) is 13.1 Å². The normalized spacial score (nSPS) is 21.6. The largest absolute Gasteiger partial charge is 0.340 e. The highest BCUT2D eigenvalue weighted by Crippen LogP contribution is 2.12. The maximum atomic E-state index is 4.39. The fourth-order valence-electron chi connectivity index (χ4n) is 1.56. The van der Waals surface area contributed by atoms with Crippen molar-refractivity contribution in [2.75, 3.05) is 13.1 Å². The van der Waals surface area contributed by atoms with Crippen LogP contribution in [0.5, 0.6) is 0 Å². The third-order valence-corrected chi connectivity index (χ3v) is 2.48. The summed E-state index contributed by atoms with van der Waals surface area (Å²) < 4.78 is 0. The molecule has 1 heterocycles. The van der Waals surface area contributed by atoms with E-state index in [4.69, 9.17) is 0 Å². The van der Waals surface area contributed by atoms with Crippen molar-refractivity contribution in [1.82, 2.24) is 9.91 Å². The Balaban J connectivity index is 2.32. The van der Waals surface area contributed by atoms with E-state index in [1.54, 1.807) is 0 Å². The lowest BCUT2D eigenvalue weighted by atomic mass is 10.3. The van der Waals surface area contributed by atoms with E-state index < -0.39 is 0 Å². The third kappa shape index (κ3) is 2.61. The molecule has 3 heteroatoms. The van der Waals surface area contributed by atoms with Crippen LogP contribution >= 0.6 is 0 Å². The van der Waals surface area contributed by atoms with Crippen LogP contribution in [0.4, 0.5) is 0 Å². The van der Waals surface area contributed by atoms with Gasteiger partial charge in [-0.15, -0.1) is 0 Å². The van der Waals surface area contributed by atoms with Gasteiger partial charge in [0.15, 0.2) is 0 Å². The monoisotopic (exact) mass is 183 g/mol. The van der Waals surface area contributed by atoms with Crippen molar-refractivity contribution < 1.29 is 0 Å². The van der Waals surface area contributed by atoms with Crippen LogP contribution in [0.25, 0.3) is 0 Å². The summed E-state index contributed by atoms with van der Waals surface area (Å²) >= 11 is 0. The highest BCUT2D eigenvalue weighted by Gasteiger charge is 2.21. The van der Waals surface area contributed by atoms with E-state index in [2.05, 4.69) is 35.8 Å². The van der Waals surface area contributed by atoms with E-state index in [9.17, 15) is 0 Å². The van der Waals surface area contributed by atoms with Crippen LogP contribution in [-0.4, -0.2) is 35.5 Å². The van der Waals surface area contributed by atoms with Gasteiger partial charge in [0.05, 0.1) is 0 Å². The molecule has 1 rings (SSSR count). The van der Waals surface area contributed by atoms with Gasteiger partial charge in [-0.25, -0.2) is 0 Å². The van der Waals surface area contributed by atoms with Gasteiger partial charge in [0.2, 0.25) is 0 Å². The lowest BCUT2D eigenvalue weighted by Crippen LogP contribution is -2.37. The molecule has 0 aliphatic carbocycles. The average Bonchev–Trinajstić information content (AvgIpc) is 2.46. The topological polar surface area (TPSA) is 18.8 Å². The van der Waals surface area contributed by atoms with Gasteiger partial charge in [0, 0.05) is 13.1 Å². The molecular formula is C10H21N3. The first kappa shape index (κ1) is 10.4. The summed E-state index contributed by atoms with van der Waals surface area (Å²) in [4.78, 5) is 2.30. The molecule has 1 atom stereocenters. The van der Waals surface area contributed by atoms with Gasteiger partial charge in [0.25, 0.3) is 0 Å². The highest BCUT2D eigenvalue weighted by molar-refractivity contribution is 5.56. The van der Waals surface area contributed by atoms with Gasteiger partial charge in [-0.05, 0) is 19.8 Å². The van der Waals surface area contributed by atoms with E-state index >= 15 is 0 Å². The van der Waals surface area contributed by atoms with Crippen LogP contribution in [0.3, 0.4) is 0 Å². The van der Waals surface area contributed by atoms with E-state index in [1.165, 1.54) is 19.3 Å². The summed E-state index contributed by atoms with van der Waals surface area (Å²) in [5, 5.41) is 6.57. The molecule has 0 amide bonds. The van der Waals surface area contributed by atoms with E-state index in [1.807, 2.05) is 6.34 Å². The molecule has 13 heavy (non-hydrogen) atoms. The molecule has 1 aliphatic heterocycles. The van der Waals surface area contributed by atoms with Crippen LogP contribution in [-0.2, 0) is 0 Å². The lowest BCUT2D eigenvalue weighted by Gasteiger charge is -2.26. The van der Waals surface area contributed by atoms with Crippen LogP contribution in [0.15, 0.2) is 5.10 Å². The van der Waals surface area contributed by atoms with Crippen molar-refractivity contribution >= 4 is 6.34 Å². The number of rotatable bonds is 5. The molecule has 0 fully saturated rings. The summed E-state index contributed by atoms with van der Waals surface area (Å²) in [7, 11) is 0. The third-order valence-electron chi connectivity index (χ3n) is 2.48. The maximum absolute atomic E-state index is 4.39. The molecule has 0 radical (unpaired) electrons. The van der Waals surface area contributed by atoms with Gasteiger partial charge in [-0.2, -0.15) is 5.10 Å². The molecule has 0 aromatic carbocycles. The Hall–Kier alpha value is -0.730. The minimum Gasteiger partial charge on any atom is -0.340 e. The molecule has 0 aromatic heterocycles. The van der Waals surface area contributed by atoms with Crippen LogP contribution in [0.2, 0.25) is 0 Å². The molecule has 0 saturated heterocycles. The molecule has 0 N–H and O–H groups in total. The summed E-state index contributed by atoms with van der Waals surface area (Å²) in [6.45, 7) is 8.85. The van der Waals surface area contributed by atoms with E-state index in [-0.39, 0.29) is 0 Å². The van der Waals surface area contributed by atoms with Gasteiger partial charge in [-0.1, -0.05) is 20.3 Å². The zero-order chi connectivity index (χ0) is 9.68. The van der Waals surface area contributed by atoms with Crippen LogP contribution in [0.1, 0.15) is 40.0 Å². The first-order chi connectivity index (χ1) is 6.29. The highest BCUT2D eigenvalue weighted by atomic mass is 15.6. The number of nitrogens with zero attached hydrogens (tertiary/aromatic N) is 3. The second kappa shape index (κ2) is 5.10. The molecule has 76 valence electrons. The Kier molecular flexibility index (Phi) is 4.06. The quantitative estimate of drug-likeness (QED) is 0.650. The molecule has 0 saturated carbocycles. The Labute approximate surface area is 81.4 Å². The predicted octanol–water partition coefficient (Wildman–Crippen LogP) is 2.10. The number of hydrazone groups is 1. The molecule has 1 unspecified atom stereocenters. The molecule has 0 aromatic rings. The molecule has 1 aliphatic rings. The maximum Gasteiger partial charge on any atom is 0.116 e. The average molecular weight is 183 g/mol. The second-order valence-corrected chi connectivity index (χ2v) is 3.62. The minimum absolute atomic E-state index is 0.464. The summed E-state index contributed by atoms with van der Waals surface area (Å²) in [6, 6.07) is 0. The fourth-order valence-corrected chi connectivity index (χ4v) is 1.56. The lowest BCUT2D eigenvalue weighted by molar-refractivity contribution is 0.145. The van der Waals surface area contributed by atoms with Crippen LogP contribution in [0, 0.1) is 0 Å². The number of hydrogen-bond acceptors (Lipinski definition) is 3. The Bertz CT molecular complexity index is 168. The van der Waals surface area contributed by atoms with Gasteiger partial charge in [0.1, 0.15) is 12.5 Å². The van der Waals surface area contributed by atoms with Crippen molar-refractivity contribution in [2.24, 2.45) is 5.10 Å². The van der Waals surface area contributed by atoms with Crippen molar-refractivity contribution in [2.45, 2.75) is 46.2 Å². The van der Waals surface area contributed by atoms with E-state index in [0.29, 0.717) is 6.17 Å². The van der Waals surface area contributed by atoms with Crippen molar-refractivity contribution in [3.8, 4) is 0 Å². The number of hydrogen-bond donors (Lipinski definition) is 0. The molecule has 0 bridgehead atoms. The second-order valence-electron chi connectivity index (χ2n) is 3.62. The Morgan fingerprint density at radius 2 is 2.00 bits per heavy atom. The first-order valence-electron chi connectivity index (χ1n) is 5.36. The smallest absolute Gasteiger partial charge is 0.116 e. The van der Waals surface area contributed by atoms with Gasteiger partial charge in [-0.3, -0.25) is 5.01 Å². The zero-order valence-electron chi connectivity index (χ0n) is 9.03. The molecular weight excluding hydrogens is 162 g/mol. The molecule has 3 nitrogen and oxygen atoms in total. The van der Waals surface area contributed by atoms with Crippen LogP contribution < -0.4 is 0 Å². The standard InChI is InChI=1S/C10H21N3/c1-4-6-8-13-10(3)12(7-5-2)9-11-13/h9-10H,4-8H2,1-3H3. The zero-order valence-corrected chi connectivity index (χ0v) is 9.03. The number of unbranched alkanes of at least 4 members (excludes halogenated alkanes) is 1. The Morgan fingerprint density at radius 3 is 2.62 bits per heavy atom. The van der Waals surface area contributed by atoms with Crippen molar-refractivity contribution in [3.63, 3.8) is 0 Å². The van der Waals surface area contributed by atoms with Gasteiger partial charge < -0.3 is 4.90 Å². The Morgan fingerprint density at radius 1 is 1.23 bits per heavy atom. The first-order valence-corrected chi connectivity index (χ1v) is 5.36.